The predicted octanol–water partition coefficient (Wildman–Crippen LogP) is 3.45. The second kappa shape index (κ2) is 8.37. The Labute approximate surface area is 155 Å². The highest BCUT2D eigenvalue weighted by molar-refractivity contribution is 5.96. The number of aliphatic hydroxyl groups is 1. The van der Waals surface area contributed by atoms with Crippen molar-refractivity contribution in [1.29, 1.82) is 0 Å². The van der Waals surface area contributed by atoms with Gasteiger partial charge in [0.15, 0.2) is 0 Å². The lowest BCUT2D eigenvalue weighted by atomic mass is 9.84. The molecule has 4 nitrogen and oxygen atoms in total. The highest BCUT2D eigenvalue weighted by Crippen LogP contribution is 2.30. The molecule has 1 aliphatic carbocycles. The predicted molar refractivity (Wildman–Crippen MR) is 102 cm³/mol. The van der Waals surface area contributed by atoms with Crippen LogP contribution in [-0.4, -0.2) is 30.8 Å². The van der Waals surface area contributed by atoms with Gasteiger partial charge in [-0.25, -0.2) is 0 Å². The van der Waals surface area contributed by atoms with Gasteiger partial charge < -0.3 is 15.2 Å². The molecule has 1 aliphatic rings. The van der Waals surface area contributed by atoms with Crippen LogP contribution in [0.5, 0.6) is 5.75 Å². The minimum atomic E-state index is -0.416. The Hall–Kier alpha value is -2.33. The van der Waals surface area contributed by atoms with Crippen molar-refractivity contribution in [2.75, 3.05) is 19.8 Å². The zero-order chi connectivity index (χ0) is 18.4. The van der Waals surface area contributed by atoms with E-state index in [1.165, 1.54) is 12.8 Å². The molecule has 0 spiro atoms. The molecule has 0 unspecified atom stereocenters. The minimum Gasteiger partial charge on any atom is -0.492 e. The molecule has 4 heteroatoms. The minimum absolute atomic E-state index is 0.00199. The lowest BCUT2D eigenvalue weighted by Crippen LogP contribution is -2.39. The van der Waals surface area contributed by atoms with E-state index >= 15 is 0 Å². The summed E-state index contributed by atoms with van der Waals surface area (Å²) in [6, 6.07) is 17.4. The number of para-hydroxylation sites is 1. The molecule has 0 aromatic heterocycles. The largest absolute Gasteiger partial charge is 0.492 e. The van der Waals surface area contributed by atoms with Crippen LogP contribution in [0, 0.1) is 11.3 Å². The number of rotatable bonds is 9. The third-order valence-corrected chi connectivity index (χ3v) is 4.83. The number of carbonyl (C=O) groups is 1. The average molecular weight is 353 g/mol. The summed E-state index contributed by atoms with van der Waals surface area (Å²) in [5, 5.41) is 12.8. The van der Waals surface area contributed by atoms with Gasteiger partial charge in [0.1, 0.15) is 5.75 Å². The van der Waals surface area contributed by atoms with Gasteiger partial charge in [-0.2, -0.15) is 0 Å². The molecule has 0 saturated heterocycles. The van der Waals surface area contributed by atoms with Gasteiger partial charge in [0.05, 0.1) is 18.8 Å². The van der Waals surface area contributed by atoms with Gasteiger partial charge in [-0.05, 0) is 42.9 Å². The topological polar surface area (TPSA) is 58.6 Å². The fourth-order valence-electron chi connectivity index (χ4n) is 2.92. The second-order valence-corrected chi connectivity index (χ2v) is 7.56. The fourth-order valence-corrected chi connectivity index (χ4v) is 2.92. The van der Waals surface area contributed by atoms with Crippen LogP contribution in [0.4, 0.5) is 0 Å². The fraction of sp³-hybridized carbons (Fsp3) is 0.409. The quantitative estimate of drug-likeness (QED) is 0.726. The maximum absolute atomic E-state index is 12.7. The van der Waals surface area contributed by atoms with Gasteiger partial charge in [0, 0.05) is 12.0 Å². The van der Waals surface area contributed by atoms with Crippen molar-refractivity contribution >= 4 is 5.91 Å². The molecule has 0 bridgehead atoms. The van der Waals surface area contributed by atoms with Crippen LogP contribution in [0.15, 0.2) is 54.6 Å². The Morgan fingerprint density at radius 3 is 2.54 bits per heavy atom. The van der Waals surface area contributed by atoms with Crippen molar-refractivity contribution in [3.05, 3.63) is 65.7 Å². The van der Waals surface area contributed by atoms with Gasteiger partial charge in [-0.15, -0.1) is 0 Å². The molecule has 1 amide bonds. The molecule has 1 saturated carbocycles. The summed E-state index contributed by atoms with van der Waals surface area (Å²) < 4.78 is 5.83. The number of aliphatic hydroxyl groups excluding tert-OH is 1. The van der Waals surface area contributed by atoms with Crippen LogP contribution < -0.4 is 10.1 Å². The first-order chi connectivity index (χ1) is 12.6. The van der Waals surface area contributed by atoms with Crippen molar-refractivity contribution in [1.82, 2.24) is 5.32 Å². The third kappa shape index (κ3) is 5.09. The number of ether oxygens (including phenoxy) is 1. The molecular formula is C22H27NO3. The van der Waals surface area contributed by atoms with Crippen LogP contribution in [0.1, 0.15) is 35.7 Å². The molecule has 1 fully saturated rings. The van der Waals surface area contributed by atoms with Crippen molar-refractivity contribution in [3.8, 4) is 5.75 Å². The monoisotopic (exact) mass is 353 g/mol. The van der Waals surface area contributed by atoms with E-state index in [-0.39, 0.29) is 12.5 Å². The number of benzene rings is 2. The molecule has 2 aromatic rings. The first-order valence-corrected chi connectivity index (χ1v) is 9.24. The number of nitrogens with one attached hydrogen (secondary N) is 1. The first kappa shape index (κ1) is 18.5. The van der Waals surface area contributed by atoms with Crippen molar-refractivity contribution in [3.63, 3.8) is 0 Å². The summed E-state index contributed by atoms with van der Waals surface area (Å²) in [6.07, 6.45) is 3.12. The van der Waals surface area contributed by atoms with Gasteiger partial charge >= 0.3 is 0 Å². The maximum atomic E-state index is 12.7. The van der Waals surface area contributed by atoms with E-state index in [1.54, 1.807) is 6.07 Å². The lowest BCUT2D eigenvalue weighted by molar-refractivity contribution is 0.0891. The SMILES string of the molecule is C[C@@](CO)(CNC(=O)c1ccccc1OCC1CC1)Cc1ccccc1. The molecule has 3 rings (SSSR count). The Morgan fingerprint density at radius 1 is 1.15 bits per heavy atom. The van der Waals surface area contributed by atoms with Crippen LogP contribution in [0.25, 0.3) is 0 Å². The number of hydrogen-bond acceptors (Lipinski definition) is 3. The van der Waals surface area contributed by atoms with E-state index < -0.39 is 5.41 Å². The lowest BCUT2D eigenvalue weighted by Gasteiger charge is -2.28. The summed E-state index contributed by atoms with van der Waals surface area (Å²) in [5.74, 6) is 1.10. The molecule has 2 aromatic carbocycles. The van der Waals surface area contributed by atoms with Gasteiger partial charge in [-0.1, -0.05) is 49.4 Å². The van der Waals surface area contributed by atoms with E-state index in [9.17, 15) is 9.90 Å². The maximum Gasteiger partial charge on any atom is 0.255 e. The Bertz CT molecular complexity index is 727. The summed E-state index contributed by atoms with van der Waals surface area (Å²) in [4.78, 5) is 12.7. The zero-order valence-corrected chi connectivity index (χ0v) is 15.3. The van der Waals surface area contributed by atoms with Crippen LogP contribution in [-0.2, 0) is 6.42 Å². The van der Waals surface area contributed by atoms with Gasteiger partial charge in [-0.3, -0.25) is 4.79 Å². The Kier molecular flexibility index (Phi) is 5.94. The van der Waals surface area contributed by atoms with Crippen LogP contribution in [0.3, 0.4) is 0 Å². The molecule has 138 valence electrons. The molecule has 26 heavy (non-hydrogen) atoms. The first-order valence-electron chi connectivity index (χ1n) is 9.24. The van der Waals surface area contributed by atoms with E-state index in [2.05, 4.69) is 5.32 Å². The summed E-state index contributed by atoms with van der Waals surface area (Å²) in [7, 11) is 0. The second-order valence-electron chi connectivity index (χ2n) is 7.56. The van der Waals surface area contributed by atoms with Crippen molar-refractivity contribution in [2.45, 2.75) is 26.2 Å². The molecule has 1 atom stereocenters. The van der Waals surface area contributed by atoms with E-state index in [0.717, 1.165) is 5.56 Å². The zero-order valence-electron chi connectivity index (χ0n) is 15.3. The standard InChI is InChI=1S/C22H27NO3/c1-22(16-24,13-17-7-3-2-4-8-17)15-23-21(25)19-9-5-6-10-20(19)26-14-18-11-12-18/h2-10,18,24H,11-16H2,1H3,(H,23,25)/t22-/m0/s1. The number of hydrogen-bond donors (Lipinski definition) is 2. The highest BCUT2D eigenvalue weighted by atomic mass is 16.5. The average Bonchev–Trinajstić information content (AvgIpc) is 3.50. The highest BCUT2D eigenvalue weighted by Gasteiger charge is 2.26. The third-order valence-electron chi connectivity index (χ3n) is 4.83. The van der Waals surface area contributed by atoms with E-state index in [4.69, 9.17) is 4.74 Å². The van der Waals surface area contributed by atoms with Crippen LogP contribution in [0.2, 0.25) is 0 Å². The Morgan fingerprint density at radius 2 is 1.85 bits per heavy atom. The van der Waals surface area contributed by atoms with Crippen molar-refractivity contribution in [2.24, 2.45) is 11.3 Å². The molecular weight excluding hydrogens is 326 g/mol. The van der Waals surface area contributed by atoms with E-state index in [0.29, 0.717) is 36.8 Å². The summed E-state index contributed by atoms with van der Waals surface area (Å²) in [5.41, 5.74) is 1.28. The van der Waals surface area contributed by atoms with Gasteiger partial charge in [0.25, 0.3) is 5.91 Å². The van der Waals surface area contributed by atoms with E-state index in [1.807, 2.05) is 55.5 Å². The smallest absolute Gasteiger partial charge is 0.255 e. The molecule has 0 aliphatic heterocycles. The molecule has 0 radical (unpaired) electrons. The summed E-state index contributed by atoms with van der Waals surface area (Å²) >= 11 is 0. The van der Waals surface area contributed by atoms with Crippen molar-refractivity contribution < 1.29 is 14.6 Å². The molecule has 2 N–H and O–H groups in total. The normalized spacial score (nSPS) is 15.9. The Balaban J connectivity index is 1.61. The molecule has 0 heterocycles. The number of carbonyl (C=O) groups excluding carboxylic acids is 1. The van der Waals surface area contributed by atoms with Crippen LogP contribution >= 0.6 is 0 Å². The number of amides is 1. The summed E-state index contributed by atoms with van der Waals surface area (Å²) in [6.45, 7) is 3.05. The van der Waals surface area contributed by atoms with Gasteiger partial charge in [0.2, 0.25) is 0 Å².